The van der Waals surface area contributed by atoms with Crippen molar-refractivity contribution in [1.82, 2.24) is 4.72 Å². The minimum absolute atomic E-state index is 0.0760. The van der Waals surface area contributed by atoms with Crippen LogP contribution in [0.4, 0.5) is 0 Å². The Morgan fingerprint density at radius 1 is 1.28 bits per heavy atom. The summed E-state index contributed by atoms with van der Waals surface area (Å²) in [5.41, 5.74) is 0. The van der Waals surface area contributed by atoms with E-state index in [2.05, 4.69) is 4.72 Å². The van der Waals surface area contributed by atoms with Crippen LogP contribution in [0.3, 0.4) is 0 Å². The second-order valence-electron chi connectivity index (χ2n) is 4.50. The number of aliphatic hydroxyl groups excluding tert-OH is 1. The molecule has 0 amide bonds. The van der Waals surface area contributed by atoms with Gasteiger partial charge in [0.05, 0.1) is 11.0 Å². The Kier molecular flexibility index (Phi) is 5.59. The topological polar surface area (TPSA) is 66.4 Å². The summed E-state index contributed by atoms with van der Waals surface area (Å²) in [4.78, 5) is 0.191. The SMILES string of the molecule is CC(O)CC(C)CNS(=O)(=O)c1ccc(Cl)cc1. The van der Waals surface area contributed by atoms with E-state index in [1.807, 2.05) is 6.92 Å². The zero-order chi connectivity index (χ0) is 13.8. The molecule has 0 aliphatic rings. The van der Waals surface area contributed by atoms with Crippen LogP contribution in [0.2, 0.25) is 5.02 Å². The number of sulfonamides is 1. The predicted octanol–water partition coefficient (Wildman–Crippen LogP) is 2.03. The van der Waals surface area contributed by atoms with Gasteiger partial charge in [-0.1, -0.05) is 18.5 Å². The first-order valence-electron chi connectivity index (χ1n) is 5.74. The van der Waals surface area contributed by atoms with Gasteiger partial charge < -0.3 is 5.11 Å². The molecule has 0 heterocycles. The lowest BCUT2D eigenvalue weighted by atomic mass is 10.1. The summed E-state index contributed by atoms with van der Waals surface area (Å²) in [5.74, 6) is 0.0760. The van der Waals surface area contributed by atoms with Crippen molar-refractivity contribution in [2.75, 3.05) is 6.54 Å². The molecule has 2 unspecified atom stereocenters. The third-order valence-electron chi connectivity index (χ3n) is 2.49. The molecule has 1 aromatic carbocycles. The van der Waals surface area contributed by atoms with Crippen LogP contribution in [0.25, 0.3) is 0 Å². The molecule has 0 saturated heterocycles. The molecule has 1 aromatic rings. The molecule has 6 heteroatoms. The lowest BCUT2D eigenvalue weighted by molar-refractivity contribution is 0.165. The molecule has 0 aliphatic carbocycles. The highest BCUT2D eigenvalue weighted by molar-refractivity contribution is 7.89. The second kappa shape index (κ2) is 6.52. The van der Waals surface area contributed by atoms with E-state index in [-0.39, 0.29) is 10.8 Å². The van der Waals surface area contributed by atoms with Crippen LogP contribution in [0.1, 0.15) is 20.3 Å². The van der Waals surface area contributed by atoms with Crippen LogP contribution in [0, 0.1) is 5.92 Å². The highest BCUT2D eigenvalue weighted by Gasteiger charge is 2.15. The van der Waals surface area contributed by atoms with Crippen LogP contribution >= 0.6 is 11.6 Å². The van der Waals surface area contributed by atoms with Crippen molar-refractivity contribution in [2.45, 2.75) is 31.3 Å². The van der Waals surface area contributed by atoms with E-state index in [0.29, 0.717) is 18.0 Å². The number of hydrogen-bond acceptors (Lipinski definition) is 3. The van der Waals surface area contributed by atoms with Gasteiger partial charge in [-0.3, -0.25) is 0 Å². The molecular weight excluding hydrogens is 274 g/mol. The van der Waals surface area contributed by atoms with Gasteiger partial charge in [-0.2, -0.15) is 0 Å². The zero-order valence-corrected chi connectivity index (χ0v) is 12.0. The summed E-state index contributed by atoms with van der Waals surface area (Å²) in [5, 5.41) is 9.70. The molecule has 18 heavy (non-hydrogen) atoms. The van der Waals surface area contributed by atoms with Crippen molar-refractivity contribution in [1.29, 1.82) is 0 Å². The normalized spacial score (nSPS) is 15.3. The zero-order valence-electron chi connectivity index (χ0n) is 10.4. The minimum Gasteiger partial charge on any atom is -0.393 e. The van der Waals surface area contributed by atoms with Crippen molar-refractivity contribution in [3.05, 3.63) is 29.3 Å². The van der Waals surface area contributed by atoms with Crippen molar-refractivity contribution in [3.8, 4) is 0 Å². The van der Waals surface area contributed by atoms with E-state index in [9.17, 15) is 13.5 Å². The summed E-state index contributed by atoms with van der Waals surface area (Å²) >= 11 is 5.70. The number of benzene rings is 1. The number of nitrogens with one attached hydrogen (secondary N) is 1. The molecule has 0 aliphatic heterocycles. The van der Waals surface area contributed by atoms with Gasteiger partial charge in [0.25, 0.3) is 0 Å². The maximum atomic E-state index is 11.9. The Bertz CT molecular complexity index is 471. The summed E-state index contributed by atoms with van der Waals surface area (Å²) in [6, 6.07) is 6.00. The van der Waals surface area contributed by atoms with E-state index >= 15 is 0 Å². The molecule has 2 N–H and O–H groups in total. The van der Waals surface area contributed by atoms with Crippen LogP contribution in [0.5, 0.6) is 0 Å². The Labute approximate surface area is 113 Å². The van der Waals surface area contributed by atoms with Crippen molar-refractivity contribution < 1.29 is 13.5 Å². The Morgan fingerprint density at radius 3 is 2.33 bits per heavy atom. The van der Waals surface area contributed by atoms with E-state index in [0.717, 1.165) is 0 Å². The Morgan fingerprint density at radius 2 is 1.83 bits per heavy atom. The first kappa shape index (κ1) is 15.4. The first-order chi connectivity index (χ1) is 8.31. The third kappa shape index (κ3) is 4.94. The molecule has 102 valence electrons. The van der Waals surface area contributed by atoms with Crippen molar-refractivity contribution >= 4 is 21.6 Å². The number of rotatable bonds is 6. The highest BCUT2D eigenvalue weighted by Crippen LogP contribution is 2.14. The van der Waals surface area contributed by atoms with Crippen LogP contribution in [0.15, 0.2) is 29.2 Å². The third-order valence-corrected chi connectivity index (χ3v) is 4.18. The lowest BCUT2D eigenvalue weighted by Gasteiger charge is -2.14. The van der Waals surface area contributed by atoms with Gasteiger partial charge in [0.2, 0.25) is 10.0 Å². The summed E-state index contributed by atoms with van der Waals surface area (Å²) in [7, 11) is -3.50. The van der Waals surface area contributed by atoms with Crippen LogP contribution < -0.4 is 4.72 Å². The average Bonchev–Trinajstić information content (AvgIpc) is 2.26. The fourth-order valence-corrected chi connectivity index (χ4v) is 2.91. The number of halogens is 1. The fraction of sp³-hybridized carbons (Fsp3) is 0.500. The molecule has 1 rings (SSSR count). The fourth-order valence-electron chi connectivity index (χ4n) is 1.61. The van der Waals surface area contributed by atoms with E-state index < -0.39 is 16.1 Å². The molecular formula is C12H18ClNO3S. The van der Waals surface area contributed by atoms with Crippen LogP contribution in [-0.4, -0.2) is 26.2 Å². The second-order valence-corrected chi connectivity index (χ2v) is 6.70. The monoisotopic (exact) mass is 291 g/mol. The standard InChI is InChI=1S/C12H18ClNO3S/c1-9(7-10(2)15)8-14-18(16,17)12-5-3-11(13)4-6-12/h3-6,9-10,14-15H,7-8H2,1-2H3. The maximum Gasteiger partial charge on any atom is 0.240 e. The largest absolute Gasteiger partial charge is 0.393 e. The molecule has 0 saturated carbocycles. The van der Waals surface area contributed by atoms with Gasteiger partial charge in [0, 0.05) is 11.6 Å². The Balaban J connectivity index is 2.63. The van der Waals surface area contributed by atoms with E-state index in [4.69, 9.17) is 11.6 Å². The lowest BCUT2D eigenvalue weighted by Crippen LogP contribution is -2.29. The molecule has 4 nitrogen and oxygen atoms in total. The van der Waals surface area contributed by atoms with Gasteiger partial charge in [-0.15, -0.1) is 0 Å². The average molecular weight is 292 g/mol. The smallest absolute Gasteiger partial charge is 0.240 e. The maximum absolute atomic E-state index is 11.9. The van der Waals surface area contributed by atoms with Crippen molar-refractivity contribution in [3.63, 3.8) is 0 Å². The molecule has 0 fully saturated rings. The van der Waals surface area contributed by atoms with Gasteiger partial charge in [0.1, 0.15) is 0 Å². The van der Waals surface area contributed by atoms with Crippen LogP contribution in [-0.2, 0) is 10.0 Å². The summed E-state index contributed by atoms with van der Waals surface area (Å²) in [6.45, 7) is 3.87. The van der Waals surface area contributed by atoms with Gasteiger partial charge in [0.15, 0.2) is 0 Å². The van der Waals surface area contributed by atoms with Gasteiger partial charge in [-0.05, 0) is 43.5 Å². The van der Waals surface area contributed by atoms with E-state index in [1.165, 1.54) is 24.3 Å². The first-order valence-corrected chi connectivity index (χ1v) is 7.60. The van der Waals surface area contributed by atoms with Gasteiger partial charge >= 0.3 is 0 Å². The molecule has 2 atom stereocenters. The Hall–Kier alpha value is -0.620. The van der Waals surface area contributed by atoms with E-state index in [1.54, 1.807) is 6.92 Å². The highest BCUT2D eigenvalue weighted by atomic mass is 35.5. The quantitative estimate of drug-likeness (QED) is 0.843. The summed E-state index contributed by atoms with van der Waals surface area (Å²) in [6.07, 6.45) is 0.128. The number of aliphatic hydroxyl groups is 1. The van der Waals surface area contributed by atoms with Gasteiger partial charge in [-0.25, -0.2) is 13.1 Å². The molecule has 0 aromatic heterocycles. The number of hydrogen-bond donors (Lipinski definition) is 2. The summed E-state index contributed by atoms with van der Waals surface area (Å²) < 4.78 is 26.4. The molecule has 0 bridgehead atoms. The molecule has 0 radical (unpaired) electrons. The predicted molar refractivity (Wildman–Crippen MR) is 72.1 cm³/mol. The molecule has 0 spiro atoms. The minimum atomic E-state index is -3.50. The van der Waals surface area contributed by atoms with Crippen molar-refractivity contribution in [2.24, 2.45) is 5.92 Å².